The molecule has 5 heteroatoms. The van der Waals surface area contributed by atoms with E-state index in [0.29, 0.717) is 22.1 Å². The molecule has 1 aromatic rings. The summed E-state index contributed by atoms with van der Waals surface area (Å²) in [6, 6.07) is 2.99. The molecule has 1 saturated carbocycles. The van der Waals surface area contributed by atoms with Crippen molar-refractivity contribution in [3.05, 3.63) is 29.1 Å². The molecule has 1 fully saturated rings. The molecule has 1 aliphatic carbocycles. The third kappa shape index (κ3) is 3.45. The number of anilines is 1. The average Bonchev–Trinajstić information content (AvgIpc) is 2.83. The van der Waals surface area contributed by atoms with Gasteiger partial charge in [0, 0.05) is 28.1 Å². The smallest absolute Gasteiger partial charge is 0.251 e. The Hall–Kier alpha value is -1.23. The highest BCUT2D eigenvalue weighted by atomic mass is 32.2. The van der Waals surface area contributed by atoms with Crippen LogP contribution in [0.1, 0.15) is 42.1 Å². The van der Waals surface area contributed by atoms with E-state index in [1.165, 1.54) is 6.07 Å². The Morgan fingerprint density at radius 2 is 2.25 bits per heavy atom. The van der Waals surface area contributed by atoms with Crippen molar-refractivity contribution in [2.45, 2.75) is 44.4 Å². The fourth-order valence-corrected chi connectivity index (χ4v) is 3.70. The minimum Gasteiger partial charge on any atom is -0.398 e. The lowest BCUT2D eigenvalue weighted by atomic mass is 10.1. The van der Waals surface area contributed by atoms with Gasteiger partial charge in [-0.05, 0) is 44.1 Å². The number of carbonyl (C=O) groups excluding carboxylic acids is 1. The van der Waals surface area contributed by atoms with Crippen molar-refractivity contribution in [1.29, 1.82) is 0 Å². The maximum absolute atomic E-state index is 13.6. The van der Waals surface area contributed by atoms with Gasteiger partial charge in [-0.1, -0.05) is 6.92 Å². The molecule has 0 aromatic heterocycles. The van der Waals surface area contributed by atoms with Crippen LogP contribution in [0.3, 0.4) is 0 Å². The molecule has 110 valence electrons. The summed E-state index contributed by atoms with van der Waals surface area (Å²) in [4.78, 5) is 12.1. The Balaban J connectivity index is 1.99. The molecule has 3 N–H and O–H groups in total. The number of hydrogen-bond donors (Lipinski definition) is 2. The van der Waals surface area contributed by atoms with Crippen LogP contribution in [0.15, 0.2) is 12.1 Å². The first kappa shape index (κ1) is 15.2. The van der Waals surface area contributed by atoms with Crippen LogP contribution in [-0.4, -0.2) is 23.0 Å². The largest absolute Gasteiger partial charge is 0.398 e. The van der Waals surface area contributed by atoms with E-state index in [2.05, 4.69) is 12.2 Å². The molecule has 1 aromatic carbocycles. The van der Waals surface area contributed by atoms with Gasteiger partial charge in [0.1, 0.15) is 5.82 Å². The van der Waals surface area contributed by atoms with Crippen molar-refractivity contribution in [2.24, 2.45) is 0 Å². The van der Waals surface area contributed by atoms with Crippen LogP contribution >= 0.6 is 11.8 Å². The second-order valence-electron chi connectivity index (χ2n) is 5.23. The molecule has 20 heavy (non-hydrogen) atoms. The minimum absolute atomic E-state index is 0.192. The monoisotopic (exact) mass is 296 g/mol. The molecule has 0 radical (unpaired) electrons. The Morgan fingerprint density at radius 1 is 1.50 bits per heavy atom. The molecular formula is C15H21FN2OS. The molecule has 3 nitrogen and oxygen atoms in total. The van der Waals surface area contributed by atoms with Gasteiger partial charge in [0.2, 0.25) is 0 Å². The number of nitrogen functional groups attached to an aromatic ring is 1. The summed E-state index contributed by atoms with van der Waals surface area (Å²) in [5.41, 5.74) is 6.72. The number of carbonyl (C=O) groups is 1. The van der Waals surface area contributed by atoms with Crippen LogP contribution in [0.25, 0.3) is 0 Å². The Morgan fingerprint density at radius 3 is 2.90 bits per heavy atom. The van der Waals surface area contributed by atoms with Gasteiger partial charge in [-0.3, -0.25) is 4.79 Å². The quantitative estimate of drug-likeness (QED) is 0.839. The number of thioether (sulfide) groups is 1. The van der Waals surface area contributed by atoms with Crippen LogP contribution in [0.4, 0.5) is 10.1 Å². The summed E-state index contributed by atoms with van der Waals surface area (Å²) in [5, 5.41) is 3.61. The summed E-state index contributed by atoms with van der Waals surface area (Å²) >= 11 is 1.94. The van der Waals surface area contributed by atoms with E-state index in [-0.39, 0.29) is 11.9 Å². The number of nitrogens with two attached hydrogens (primary N) is 1. The first-order chi connectivity index (χ1) is 9.51. The second kappa shape index (κ2) is 6.48. The molecule has 0 heterocycles. The molecule has 0 saturated heterocycles. The van der Waals surface area contributed by atoms with Crippen molar-refractivity contribution >= 4 is 23.4 Å². The summed E-state index contributed by atoms with van der Waals surface area (Å²) in [7, 11) is 0. The summed E-state index contributed by atoms with van der Waals surface area (Å²) in [6.07, 6.45) is 3.12. The molecule has 0 aliphatic heterocycles. The van der Waals surface area contributed by atoms with Crippen LogP contribution in [-0.2, 0) is 0 Å². The molecule has 1 aliphatic rings. The van der Waals surface area contributed by atoms with Gasteiger partial charge >= 0.3 is 0 Å². The predicted octanol–water partition coefficient (Wildman–Crippen LogP) is 3.12. The Bertz CT molecular complexity index is 484. The van der Waals surface area contributed by atoms with Gasteiger partial charge < -0.3 is 11.1 Å². The number of halogens is 1. The van der Waals surface area contributed by atoms with Crippen LogP contribution < -0.4 is 11.1 Å². The normalized spacial score (nSPS) is 21.9. The van der Waals surface area contributed by atoms with E-state index in [4.69, 9.17) is 5.73 Å². The van der Waals surface area contributed by atoms with E-state index in [0.717, 1.165) is 25.0 Å². The number of nitrogens with one attached hydrogen (secondary N) is 1. The number of amides is 1. The second-order valence-corrected chi connectivity index (χ2v) is 6.81. The van der Waals surface area contributed by atoms with E-state index in [1.54, 1.807) is 13.0 Å². The molecule has 2 rings (SSSR count). The highest BCUT2D eigenvalue weighted by Crippen LogP contribution is 2.30. The molecule has 2 atom stereocenters. The SMILES string of the molecule is CCSC1CCC(NC(=O)c2cc(N)c(C)c(F)c2)C1. The van der Waals surface area contributed by atoms with Crippen molar-refractivity contribution in [1.82, 2.24) is 5.32 Å². The van der Waals surface area contributed by atoms with Crippen LogP contribution in [0.2, 0.25) is 0 Å². The third-order valence-corrected chi connectivity index (χ3v) is 5.00. The number of hydrogen-bond acceptors (Lipinski definition) is 3. The molecule has 0 spiro atoms. The average molecular weight is 296 g/mol. The van der Waals surface area contributed by atoms with Gasteiger partial charge in [-0.2, -0.15) is 11.8 Å². The van der Waals surface area contributed by atoms with Gasteiger partial charge in [0.05, 0.1) is 0 Å². The van der Waals surface area contributed by atoms with Crippen molar-refractivity contribution < 1.29 is 9.18 Å². The molecule has 1 amide bonds. The van der Waals surface area contributed by atoms with Gasteiger partial charge in [-0.25, -0.2) is 4.39 Å². The van der Waals surface area contributed by atoms with Gasteiger partial charge in [0.15, 0.2) is 0 Å². The fourth-order valence-electron chi connectivity index (χ4n) is 2.56. The maximum Gasteiger partial charge on any atom is 0.251 e. The van der Waals surface area contributed by atoms with E-state index in [1.807, 2.05) is 11.8 Å². The first-order valence-electron chi connectivity index (χ1n) is 6.99. The zero-order valence-electron chi connectivity index (χ0n) is 11.9. The molecular weight excluding hydrogens is 275 g/mol. The van der Waals surface area contributed by atoms with E-state index >= 15 is 0 Å². The van der Waals surface area contributed by atoms with Crippen molar-refractivity contribution in [2.75, 3.05) is 11.5 Å². The minimum atomic E-state index is -0.430. The van der Waals surface area contributed by atoms with Gasteiger partial charge in [-0.15, -0.1) is 0 Å². The standard InChI is InChI=1S/C15H21FN2OS/c1-3-20-12-5-4-11(8-12)18-15(19)10-6-13(16)9(2)14(17)7-10/h6-7,11-12H,3-5,8,17H2,1-2H3,(H,18,19). The van der Waals surface area contributed by atoms with E-state index < -0.39 is 5.82 Å². The number of rotatable bonds is 4. The van der Waals surface area contributed by atoms with Gasteiger partial charge in [0.25, 0.3) is 5.91 Å². The third-order valence-electron chi connectivity index (χ3n) is 3.77. The molecule has 0 bridgehead atoms. The topological polar surface area (TPSA) is 55.1 Å². The summed E-state index contributed by atoms with van der Waals surface area (Å²) < 4.78 is 13.6. The highest BCUT2D eigenvalue weighted by molar-refractivity contribution is 7.99. The van der Waals surface area contributed by atoms with Crippen molar-refractivity contribution in [3.8, 4) is 0 Å². The fraction of sp³-hybridized carbons (Fsp3) is 0.533. The summed E-state index contributed by atoms with van der Waals surface area (Å²) in [5.74, 6) is 0.439. The molecule has 2 unspecified atom stereocenters. The van der Waals surface area contributed by atoms with Crippen LogP contribution in [0.5, 0.6) is 0 Å². The first-order valence-corrected chi connectivity index (χ1v) is 8.04. The highest BCUT2D eigenvalue weighted by Gasteiger charge is 2.26. The van der Waals surface area contributed by atoms with Crippen molar-refractivity contribution in [3.63, 3.8) is 0 Å². The zero-order valence-corrected chi connectivity index (χ0v) is 12.7. The summed E-state index contributed by atoms with van der Waals surface area (Å²) in [6.45, 7) is 3.75. The number of benzene rings is 1. The van der Waals surface area contributed by atoms with Crippen LogP contribution in [0, 0.1) is 12.7 Å². The Labute approximate surface area is 123 Å². The van der Waals surface area contributed by atoms with E-state index in [9.17, 15) is 9.18 Å². The predicted molar refractivity (Wildman–Crippen MR) is 82.6 cm³/mol. The zero-order chi connectivity index (χ0) is 14.7. The lowest BCUT2D eigenvalue weighted by molar-refractivity contribution is 0.0937. The lowest BCUT2D eigenvalue weighted by Crippen LogP contribution is -2.33. The Kier molecular flexibility index (Phi) is 4.91. The lowest BCUT2D eigenvalue weighted by Gasteiger charge is -2.14. The maximum atomic E-state index is 13.6.